The smallest absolute Gasteiger partial charge is 0.252 e. The molecule has 0 spiro atoms. The normalized spacial score (nSPS) is 22.3. The number of rotatable bonds is 17. The summed E-state index contributed by atoms with van der Waals surface area (Å²) in [5, 5.41) is 17.9. The zero-order chi connectivity index (χ0) is 56.1. The third kappa shape index (κ3) is 14.7. The lowest BCUT2D eigenvalue weighted by atomic mass is 9.82. The van der Waals surface area contributed by atoms with E-state index in [2.05, 4.69) is 48.6 Å². The summed E-state index contributed by atoms with van der Waals surface area (Å²) in [4.78, 5) is 94.2. The van der Waals surface area contributed by atoms with Crippen molar-refractivity contribution >= 4 is 89.7 Å². The van der Waals surface area contributed by atoms with Gasteiger partial charge in [0.05, 0.1) is 31.2 Å². The number of carbonyl (C=O) groups excluding carboxylic acids is 6. The van der Waals surface area contributed by atoms with Crippen molar-refractivity contribution in [1.29, 1.82) is 0 Å². The molecular weight excluding hydrogens is 1130 g/mol. The minimum absolute atomic E-state index is 0. The van der Waals surface area contributed by atoms with Gasteiger partial charge in [0, 0.05) is 82.0 Å². The van der Waals surface area contributed by atoms with Crippen LogP contribution in [0.4, 0.5) is 30.2 Å². The summed E-state index contributed by atoms with van der Waals surface area (Å²) < 4.78 is 55.1. The molecule has 4 aromatic carbocycles. The van der Waals surface area contributed by atoms with Crippen molar-refractivity contribution < 1.29 is 51.4 Å². The first kappa shape index (κ1) is 65.3. The fourth-order valence-corrected chi connectivity index (χ4v) is 11.5. The van der Waals surface area contributed by atoms with Gasteiger partial charge in [-0.2, -0.15) is 0 Å². The van der Waals surface area contributed by atoms with Crippen LogP contribution >= 0.6 is 37.2 Å². The van der Waals surface area contributed by atoms with E-state index in [1.54, 1.807) is 39.1 Å². The van der Waals surface area contributed by atoms with Gasteiger partial charge in [-0.05, 0) is 130 Å². The molecule has 0 aliphatic carbocycles. The molecule has 9 rings (SSSR count). The number of anilines is 3. The number of fused-ring (bicyclic) bond motifs is 2. The predicted octanol–water partition coefficient (Wildman–Crippen LogP) is 5.56. The Hall–Kier alpha value is -5.88. The SMILES string of the molecule is CN[C@@H](C)C(=O)N[C@H](C(=O)N1Cc2cc(NC(=O)CN(C(=O)CN3C[C@@H](C)NC[C@@H]3CN3CCOC[C@H]3C)C(=O)[C@]3(C)CNc4cc(Cc5ccc(F)cc5)ccc43)ccc2[C@H]1C(=O)Nc1c(F)cccc1F)C1CCOCC1.Cl.Cl.Cl. The van der Waals surface area contributed by atoms with Crippen LogP contribution in [0.5, 0.6) is 0 Å². The zero-order valence-corrected chi connectivity index (χ0v) is 49.0. The van der Waals surface area contributed by atoms with Gasteiger partial charge >= 0.3 is 0 Å². The molecule has 446 valence electrons. The fraction of sp³-hybridized carbons (Fsp3) is 0.483. The number of nitrogens with one attached hydrogen (secondary N) is 6. The van der Waals surface area contributed by atoms with Gasteiger partial charge in [-0.3, -0.25) is 43.5 Å². The number of hydrogen-bond acceptors (Lipinski definition) is 13. The highest BCUT2D eigenvalue weighted by Crippen LogP contribution is 2.41. The van der Waals surface area contributed by atoms with Gasteiger partial charge < -0.3 is 46.3 Å². The summed E-state index contributed by atoms with van der Waals surface area (Å²) in [6.45, 7) is 11.1. The van der Waals surface area contributed by atoms with Gasteiger partial charge in [0.2, 0.25) is 29.5 Å². The van der Waals surface area contributed by atoms with Crippen LogP contribution in [-0.2, 0) is 56.6 Å². The molecular formula is C58H74Cl3F3N10O8. The van der Waals surface area contributed by atoms with Crippen LogP contribution in [0.2, 0.25) is 0 Å². The van der Waals surface area contributed by atoms with Gasteiger partial charge in [-0.1, -0.05) is 36.4 Å². The third-order valence-corrected chi connectivity index (χ3v) is 16.2. The molecule has 24 heteroatoms. The molecule has 5 aliphatic rings. The number of morpholine rings is 1. The monoisotopic (exact) mass is 1200 g/mol. The number of amides is 6. The summed E-state index contributed by atoms with van der Waals surface area (Å²) in [5.41, 5.74) is 2.14. The Bertz CT molecular complexity index is 2930. The van der Waals surface area contributed by atoms with Crippen molar-refractivity contribution in [1.82, 2.24) is 35.6 Å². The zero-order valence-electron chi connectivity index (χ0n) is 46.6. The molecule has 0 unspecified atom stereocenters. The maximum absolute atomic E-state index is 15.3. The Kier molecular flexibility index (Phi) is 22.8. The minimum Gasteiger partial charge on any atom is -0.383 e. The molecule has 3 saturated heterocycles. The molecule has 5 aliphatic heterocycles. The predicted molar refractivity (Wildman–Crippen MR) is 312 cm³/mol. The highest BCUT2D eigenvalue weighted by molar-refractivity contribution is 6.07. The highest BCUT2D eigenvalue weighted by atomic mass is 35.5. The number of imide groups is 1. The molecule has 6 N–H and O–H groups in total. The first-order valence-electron chi connectivity index (χ1n) is 27.2. The topological polar surface area (TPSA) is 206 Å². The highest BCUT2D eigenvalue weighted by Gasteiger charge is 2.48. The van der Waals surface area contributed by atoms with E-state index < -0.39 is 82.9 Å². The number of carbonyl (C=O) groups is 6. The van der Waals surface area contributed by atoms with Crippen molar-refractivity contribution in [2.75, 3.05) is 95.2 Å². The third-order valence-electron chi connectivity index (χ3n) is 16.2. The van der Waals surface area contributed by atoms with Crippen molar-refractivity contribution in [3.05, 3.63) is 124 Å². The molecule has 0 radical (unpaired) electrons. The Labute approximate surface area is 494 Å². The summed E-state index contributed by atoms with van der Waals surface area (Å²) >= 11 is 0. The average Bonchev–Trinajstić information content (AvgIpc) is 4.13. The van der Waals surface area contributed by atoms with Gasteiger partial charge in [-0.15, -0.1) is 37.2 Å². The first-order chi connectivity index (χ1) is 37.9. The van der Waals surface area contributed by atoms with Crippen molar-refractivity contribution in [2.45, 2.75) is 95.2 Å². The van der Waals surface area contributed by atoms with E-state index in [-0.39, 0.29) is 92.4 Å². The summed E-state index contributed by atoms with van der Waals surface area (Å²) in [5.74, 6) is -6.56. The number of likely N-dealkylation sites (N-methyl/N-ethyl adjacent to an activating group) is 1. The van der Waals surface area contributed by atoms with Gasteiger partial charge in [0.25, 0.3) is 5.91 Å². The fourth-order valence-electron chi connectivity index (χ4n) is 11.5. The lowest BCUT2D eigenvalue weighted by molar-refractivity contribution is -0.151. The Morgan fingerprint density at radius 3 is 2.26 bits per heavy atom. The molecule has 4 aromatic rings. The molecule has 3 fully saturated rings. The quantitative estimate of drug-likeness (QED) is 0.0768. The van der Waals surface area contributed by atoms with Crippen LogP contribution < -0.4 is 31.9 Å². The second-order valence-electron chi connectivity index (χ2n) is 21.8. The molecule has 0 bridgehead atoms. The number of para-hydroxylation sites is 1. The summed E-state index contributed by atoms with van der Waals surface area (Å²) in [6, 6.07) is 16.6. The summed E-state index contributed by atoms with van der Waals surface area (Å²) in [7, 11) is 1.61. The van der Waals surface area contributed by atoms with E-state index in [0.717, 1.165) is 40.8 Å². The molecule has 18 nitrogen and oxygen atoms in total. The van der Waals surface area contributed by atoms with Gasteiger partial charge in [0.1, 0.15) is 41.8 Å². The molecule has 5 heterocycles. The molecule has 7 atom stereocenters. The van der Waals surface area contributed by atoms with Crippen LogP contribution in [0.25, 0.3) is 0 Å². The number of hydrogen-bond donors (Lipinski definition) is 6. The number of benzene rings is 4. The lowest BCUT2D eigenvalue weighted by Gasteiger charge is -2.44. The lowest BCUT2D eigenvalue weighted by Crippen LogP contribution is -2.63. The Morgan fingerprint density at radius 1 is 0.854 bits per heavy atom. The second-order valence-corrected chi connectivity index (χ2v) is 21.8. The van der Waals surface area contributed by atoms with E-state index in [0.29, 0.717) is 87.7 Å². The first-order valence-corrected chi connectivity index (χ1v) is 27.2. The van der Waals surface area contributed by atoms with Crippen LogP contribution in [0.3, 0.4) is 0 Å². The summed E-state index contributed by atoms with van der Waals surface area (Å²) in [6.07, 6.45) is 1.39. The number of piperazine rings is 1. The van der Waals surface area contributed by atoms with Crippen molar-refractivity contribution in [3.63, 3.8) is 0 Å². The van der Waals surface area contributed by atoms with Crippen LogP contribution in [0, 0.1) is 23.4 Å². The number of halogens is 6. The largest absolute Gasteiger partial charge is 0.383 e. The number of nitrogens with zero attached hydrogens (tertiary/aromatic N) is 4. The van der Waals surface area contributed by atoms with Crippen LogP contribution in [0.1, 0.15) is 74.4 Å². The molecule has 6 amide bonds. The van der Waals surface area contributed by atoms with Crippen molar-refractivity contribution in [3.8, 4) is 0 Å². The van der Waals surface area contributed by atoms with E-state index in [9.17, 15) is 28.4 Å². The Morgan fingerprint density at radius 2 is 1.56 bits per heavy atom. The molecule has 0 aromatic heterocycles. The number of ether oxygens (including phenoxy) is 2. The van der Waals surface area contributed by atoms with Gasteiger partial charge in [-0.25, -0.2) is 13.2 Å². The minimum atomic E-state index is -1.43. The van der Waals surface area contributed by atoms with Crippen LogP contribution in [-0.4, -0.2) is 165 Å². The van der Waals surface area contributed by atoms with Gasteiger partial charge in [0.15, 0.2) is 0 Å². The van der Waals surface area contributed by atoms with Crippen molar-refractivity contribution in [2.24, 2.45) is 5.92 Å². The standard InChI is InChI=1S/C58H71F3N10O8.3ClH/c1-34-27-69(43(26-63-34)29-68-19-22-79-32-35(68)2)31-50(73)70(57(77)58(4)33-64-48-24-38(11-16-45(48)58)23-37-9-12-41(59)13-10-37)30-49(72)65-42-14-15-44-40(25-42)28-71(53(44)55(75)67-52-46(60)7-6-8-47(52)61)56(76)51(39-17-20-78-21-18-39)66-54(74)36(3)62-5;;;/h6-16,24-25,34-36,39,43,51,53,62-64H,17-23,26-33H2,1-5H3,(H,65,72)(H,66,74)(H,67,75);3*1H/t34-,35-,36+,43-,51+,53+,58-;;;/m1.../s1. The molecule has 0 saturated carbocycles. The average molecular weight is 1200 g/mol. The maximum Gasteiger partial charge on any atom is 0.252 e. The Balaban J connectivity index is 0.00000360. The van der Waals surface area contributed by atoms with E-state index in [4.69, 9.17) is 9.47 Å². The van der Waals surface area contributed by atoms with Crippen LogP contribution in [0.15, 0.2) is 78.9 Å². The van der Waals surface area contributed by atoms with E-state index in [1.807, 2.05) is 25.1 Å². The molecule has 82 heavy (non-hydrogen) atoms. The van der Waals surface area contributed by atoms with E-state index in [1.165, 1.54) is 29.2 Å². The maximum atomic E-state index is 15.3. The second kappa shape index (κ2) is 28.6. The van der Waals surface area contributed by atoms with E-state index >= 15 is 13.6 Å².